The van der Waals surface area contributed by atoms with Gasteiger partial charge in [0, 0.05) is 30.8 Å². The van der Waals surface area contributed by atoms with Crippen molar-refractivity contribution in [3.8, 4) is 11.1 Å². The van der Waals surface area contributed by atoms with Crippen LogP contribution in [-0.4, -0.2) is 33.7 Å². The van der Waals surface area contributed by atoms with Crippen LogP contribution >= 0.6 is 0 Å². The number of anilines is 1. The topological polar surface area (TPSA) is 90.7 Å². The fourth-order valence-electron chi connectivity index (χ4n) is 2.14. The minimum absolute atomic E-state index is 0.268. The molecule has 24 heavy (non-hydrogen) atoms. The van der Waals surface area contributed by atoms with Crippen molar-refractivity contribution in [3.63, 3.8) is 0 Å². The molecule has 0 saturated heterocycles. The van der Waals surface area contributed by atoms with Crippen LogP contribution in [0.5, 0.6) is 0 Å². The molecule has 6 nitrogen and oxygen atoms in total. The quantitative estimate of drug-likeness (QED) is 0.352. The lowest BCUT2D eigenvalue weighted by Gasteiger charge is -2.20. The minimum Gasteiger partial charge on any atom is -0.477 e. The normalized spacial score (nSPS) is 9.83. The van der Waals surface area contributed by atoms with Gasteiger partial charge in [-0.3, -0.25) is 4.98 Å². The highest BCUT2D eigenvalue weighted by Crippen LogP contribution is 2.25. The Morgan fingerprint density at radius 3 is 2.33 bits per heavy atom. The Balaban J connectivity index is 2.45. The number of carboxylic acid groups (broad SMARTS) is 2. The maximum Gasteiger partial charge on any atom is 0.344 e. The van der Waals surface area contributed by atoms with Gasteiger partial charge >= 0.3 is 11.9 Å². The van der Waals surface area contributed by atoms with Crippen LogP contribution < -0.4 is 4.90 Å². The van der Waals surface area contributed by atoms with Crippen LogP contribution in [0.4, 0.5) is 5.69 Å². The summed E-state index contributed by atoms with van der Waals surface area (Å²) in [6.45, 7) is 3.90. The van der Waals surface area contributed by atoms with E-state index in [2.05, 4.69) is 11.6 Å². The molecule has 0 bridgehead atoms. The first-order chi connectivity index (χ1) is 11.5. The van der Waals surface area contributed by atoms with Gasteiger partial charge in [0.05, 0.1) is 0 Å². The van der Waals surface area contributed by atoms with E-state index >= 15 is 0 Å². The van der Waals surface area contributed by atoms with Crippen molar-refractivity contribution in [1.82, 2.24) is 4.98 Å². The van der Waals surface area contributed by atoms with Gasteiger partial charge in [0.25, 0.3) is 0 Å². The maximum absolute atomic E-state index is 11.1. The molecule has 0 radical (unpaired) electrons. The molecule has 0 amide bonds. The van der Waals surface area contributed by atoms with E-state index in [0.29, 0.717) is 5.69 Å². The van der Waals surface area contributed by atoms with Crippen molar-refractivity contribution < 1.29 is 19.8 Å². The summed E-state index contributed by atoms with van der Waals surface area (Å²) < 4.78 is 0. The van der Waals surface area contributed by atoms with Crippen LogP contribution in [0.25, 0.3) is 11.1 Å². The molecule has 0 unspecified atom stereocenters. The van der Waals surface area contributed by atoms with Gasteiger partial charge in [0.2, 0.25) is 0 Å². The number of benzene rings is 1. The van der Waals surface area contributed by atoms with Gasteiger partial charge in [-0.2, -0.15) is 0 Å². The Bertz CT molecular complexity index is 769. The highest BCUT2D eigenvalue weighted by atomic mass is 16.4. The highest BCUT2D eigenvalue weighted by Gasteiger charge is 2.18. The van der Waals surface area contributed by atoms with Crippen LogP contribution in [-0.2, 0) is 9.59 Å². The van der Waals surface area contributed by atoms with Gasteiger partial charge in [-0.1, -0.05) is 18.2 Å². The lowest BCUT2D eigenvalue weighted by Crippen LogP contribution is -2.21. The molecule has 122 valence electrons. The predicted octanol–water partition coefficient (Wildman–Crippen LogP) is 2.79. The monoisotopic (exact) mass is 324 g/mol. The van der Waals surface area contributed by atoms with Gasteiger partial charge < -0.3 is 15.1 Å². The number of carbonyl (C=O) groups is 2. The van der Waals surface area contributed by atoms with Gasteiger partial charge in [-0.15, -0.1) is 6.58 Å². The van der Waals surface area contributed by atoms with Crippen molar-refractivity contribution >= 4 is 17.6 Å². The van der Waals surface area contributed by atoms with Gasteiger partial charge in [0.15, 0.2) is 5.57 Å². The summed E-state index contributed by atoms with van der Waals surface area (Å²) in [5, 5.41) is 18.1. The van der Waals surface area contributed by atoms with Crippen molar-refractivity contribution in [1.29, 1.82) is 0 Å². The van der Waals surface area contributed by atoms with Crippen molar-refractivity contribution in [2.75, 3.05) is 11.4 Å². The Morgan fingerprint density at radius 1 is 1.08 bits per heavy atom. The summed E-state index contributed by atoms with van der Waals surface area (Å²) in [6.07, 6.45) is 6.02. The van der Waals surface area contributed by atoms with Gasteiger partial charge in [-0.05, 0) is 35.4 Å². The molecular formula is C18H16N2O4. The van der Waals surface area contributed by atoms with E-state index in [0.717, 1.165) is 17.3 Å². The van der Waals surface area contributed by atoms with Crippen LogP contribution in [0.3, 0.4) is 0 Å². The number of nitrogens with zero attached hydrogens (tertiary/aromatic N) is 2. The molecule has 0 atom stereocenters. The molecule has 2 rings (SSSR count). The zero-order valence-corrected chi connectivity index (χ0v) is 12.8. The fourth-order valence-corrected chi connectivity index (χ4v) is 2.14. The zero-order chi connectivity index (χ0) is 17.5. The van der Waals surface area contributed by atoms with E-state index in [-0.39, 0.29) is 6.54 Å². The van der Waals surface area contributed by atoms with E-state index in [4.69, 9.17) is 10.2 Å². The first kappa shape index (κ1) is 17.0. The lowest BCUT2D eigenvalue weighted by molar-refractivity contribution is -0.140. The lowest BCUT2D eigenvalue weighted by atomic mass is 10.1. The van der Waals surface area contributed by atoms with E-state index < -0.39 is 17.5 Å². The molecule has 0 aliphatic carbocycles. The molecule has 0 saturated carbocycles. The third-order valence-electron chi connectivity index (χ3n) is 3.26. The molecule has 0 spiro atoms. The van der Waals surface area contributed by atoms with Gasteiger partial charge in [-0.25, -0.2) is 9.59 Å². The van der Waals surface area contributed by atoms with E-state index in [9.17, 15) is 9.59 Å². The standard InChI is InChI=1S/C18H16N2O4/c1-2-10-20(12-16(17(21)22)18(23)24)15-5-3-4-14(11-15)13-6-8-19-9-7-13/h2-9,11-12H,1,10H2,(H,21,22)(H,23,24). The SMILES string of the molecule is C=CCN(C=C(C(=O)O)C(=O)O)c1cccc(-c2ccncc2)c1. The first-order valence-corrected chi connectivity index (χ1v) is 7.09. The summed E-state index contributed by atoms with van der Waals surface area (Å²) in [6, 6.07) is 11.0. The molecule has 1 heterocycles. The van der Waals surface area contributed by atoms with Crippen molar-refractivity contribution in [2.45, 2.75) is 0 Å². The predicted molar refractivity (Wildman–Crippen MR) is 90.6 cm³/mol. The van der Waals surface area contributed by atoms with Crippen LogP contribution in [0.2, 0.25) is 0 Å². The molecule has 0 aliphatic rings. The number of hydrogen-bond donors (Lipinski definition) is 2. The Hall–Kier alpha value is -3.41. The van der Waals surface area contributed by atoms with E-state index in [1.165, 1.54) is 4.90 Å². The van der Waals surface area contributed by atoms with Crippen LogP contribution in [0, 0.1) is 0 Å². The summed E-state index contributed by atoms with van der Waals surface area (Å²) in [7, 11) is 0. The number of pyridine rings is 1. The van der Waals surface area contributed by atoms with Crippen molar-refractivity contribution in [3.05, 3.63) is 73.2 Å². The Labute approximate surface area is 139 Å². The van der Waals surface area contributed by atoms with Crippen LogP contribution in [0.15, 0.2) is 73.2 Å². The Kier molecular flexibility index (Phi) is 5.46. The summed E-state index contributed by atoms with van der Waals surface area (Å²) >= 11 is 0. The third-order valence-corrected chi connectivity index (χ3v) is 3.26. The molecule has 0 fully saturated rings. The Morgan fingerprint density at radius 2 is 1.75 bits per heavy atom. The van der Waals surface area contributed by atoms with E-state index in [1.54, 1.807) is 24.5 Å². The average Bonchev–Trinajstić information content (AvgIpc) is 2.58. The smallest absolute Gasteiger partial charge is 0.344 e. The molecular weight excluding hydrogens is 308 g/mol. The molecule has 6 heteroatoms. The number of carboxylic acids is 2. The first-order valence-electron chi connectivity index (χ1n) is 7.09. The average molecular weight is 324 g/mol. The van der Waals surface area contributed by atoms with Gasteiger partial charge in [0.1, 0.15) is 0 Å². The van der Waals surface area contributed by atoms with E-state index in [1.807, 2.05) is 30.3 Å². The highest BCUT2D eigenvalue weighted by molar-refractivity contribution is 6.12. The molecule has 2 N–H and O–H groups in total. The largest absolute Gasteiger partial charge is 0.477 e. The molecule has 1 aromatic carbocycles. The summed E-state index contributed by atoms with van der Waals surface area (Å²) in [5.74, 6) is -3.00. The molecule has 1 aromatic heterocycles. The number of rotatable bonds is 7. The summed E-state index contributed by atoms with van der Waals surface area (Å²) in [4.78, 5) is 27.7. The number of hydrogen-bond acceptors (Lipinski definition) is 4. The molecule has 0 aliphatic heterocycles. The maximum atomic E-state index is 11.1. The second-order valence-electron chi connectivity index (χ2n) is 4.88. The minimum atomic E-state index is -1.50. The summed E-state index contributed by atoms with van der Waals surface area (Å²) in [5.41, 5.74) is 1.80. The number of aromatic nitrogens is 1. The van der Waals surface area contributed by atoms with Crippen LogP contribution in [0.1, 0.15) is 0 Å². The second kappa shape index (κ2) is 7.73. The third kappa shape index (κ3) is 4.07. The van der Waals surface area contributed by atoms with Crippen molar-refractivity contribution in [2.24, 2.45) is 0 Å². The zero-order valence-electron chi connectivity index (χ0n) is 12.8. The molecule has 2 aromatic rings. The number of aliphatic carboxylic acids is 2. The fraction of sp³-hybridized carbons (Fsp3) is 0.0556. The second-order valence-corrected chi connectivity index (χ2v) is 4.88.